The third-order valence-electron chi connectivity index (χ3n) is 3.74. The first kappa shape index (κ1) is 24.6. The van der Waals surface area contributed by atoms with Crippen LogP contribution in [0.2, 0.25) is 0 Å². The van der Waals surface area contributed by atoms with Crippen molar-refractivity contribution in [3.05, 3.63) is 12.2 Å². The van der Waals surface area contributed by atoms with E-state index < -0.39 is 42.5 Å². The summed E-state index contributed by atoms with van der Waals surface area (Å²) in [6.45, 7) is 7.37. The van der Waals surface area contributed by atoms with Crippen molar-refractivity contribution in [3.8, 4) is 0 Å². The molecule has 0 aliphatic rings. The van der Waals surface area contributed by atoms with E-state index in [0.29, 0.717) is 25.7 Å². The molecule has 2 unspecified atom stereocenters. The first-order valence-electron chi connectivity index (χ1n) is 9.04. The summed E-state index contributed by atoms with van der Waals surface area (Å²) < 4.78 is 19.4. The third-order valence-corrected chi connectivity index (χ3v) is 3.74. The zero-order valence-corrected chi connectivity index (χ0v) is 16.6. The molecule has 0 bridgehead atoms. The summed E-state index contributed by atoms with van der Waals surface area (Å²) >= 11 is 0. The lowest BCUT2D eigenvalue weighted by Crippen LogP contribution is -2.31. The van der Waals surface area contributed by atoms with Crippen molar-refractivity contribution in [3.63, 3.8) is 0 Å². The van der Waals surface area contributed by atoms with Crippen LogP contribution in [0, 0.1) is 0 Å². The monoisotopic (exact) mass is 386 g/mol. The SMILES string of the molecule is C=C(CC(=O)OC(CCCC)C(=O)OC)C(=O)OC(CCCC)C(=O)OC. The summed E-state index contributed by atoms with van der Waals surface area (Å²) in [6, 6.07) is 0. The Morgan fingerprint density at radius 1 is 0.815 bits per heavy atom. The Kier molecular flexibility index (Phi) is 12.6. The van der Waals surface area contributed by atoms with Crippen LogP contribution in [0.15, 0.2) is 12.2 Å². The minimum Gasteiger partial charge on any atom is -0.466 e. The molecule has 27 heavy (non-hydrogen) atoms. The van der Waals surface area contributed by atoms with Gasteiger partial charge in [-0.15, -0.1) is 0 Å². The van der Waals surface area contributed by atoms with E-state index in [0.717, 1.165) is 12.8 Å². The third kappa shape index (κ3) is 9.77. The van der Waals surface area contributed by atoms with Gasteiger partial charge in [-0.25, -0.2) is 14.4 Å². The number of hydrogen-bond acceptors (Lipinski definition) is 8. The predicted molar refractivity (Wildman–Crippen MR) is 96.6 cm³/mol. The van der Waals surface area contributed by atoms with E-state index in [2.05, 4.69) is 16.1 Å². The maximum absolute atomic E-state index is 12.1. The second-order valence-corrected chi connectivity index (χ2v) is 5.98. The number of carbonyl (C=O) groups is 4. The van der Waals surface area contributed by atoms with Crippen LogP contribution in [0.25, 0.3) is 0 Å². The lowest BCUT2D eigenvalue weighted by molar-refractivity contribution is -0.167. The van der Waals surface area contributed by atoms with Gasteiger partial charge < -0.3 is 18.9 Å². The van der Waals surface area contributed by atoms with Crippen molar-refractivity contribution in [1.82, 2.24) is 0 Å². The van der Waals surface area contributed by atoms with Crippen LogP contribution in [0.5, 0.6) is 0 Å². The van der Waals surface area contributed by atoms with E-state index in [-0.39, 0.29) is 5.57 Å². The van der Waals surface area contributed by atoms with Gasteiger partial charge in [-0.3, -0.25) is 4.79 Å². The molecule has 8 heteroatoms. The van der Waals surface area contributed by atoms with Crippen LogP contribution in [0.4, 0.5) is 0 Å². The molecule has 0 radical (unpaired) electrons. The van der Waals surface area contributed by atoms with Gasteiger partial charge in [0.2, 0.25) is 0 Å². The number of carbonyl (C=O) groups excluding carboxylic acids is 4. The summed E-state index contributed by atoms with van der Waals surface area (Å²) in [5, 5.41) is 0. The zero-order valence-electron chi connectivity index (χ0n) is 16.6. The zero-order chi connectivity index (χ0) is 20.8. The number of rotatable bonds is 13. The summed E-state index contributed by atoms with van der Waals surface area (Å²) in [6.07, 6.45) is 1.07. The van der Waals surface area contributed by atoms with Gasteiger partial charge in [0.1, 0.15) is 0 Å². The number of unbranched alkanes of at least 4 members (excludes halogenated alkanes) is 2. The van der Waals surface area contributed by atoms with E-state index in [1.54, 1.807) is 0 Å². The van der Waals surface area contributed by atoms with Gasteiger partial charge >= 0.3 is 23.9 Å². The predicted octanol–water partition coefficient (Wildman–Crippen LogP) is 2.48. The average molecular weight is 386 g/mol. The van der Waals surface area contributed by atoms with Gasteiger partial charge in [0.15, 0.2) is 12.2 Å². The first-order valence-corrected chi connectivity index (χ1v) is 9.04. The van der Waals surface area contributed by atoms with Crippen molar-refractivity contribution in [2.45, 2.75) is 71.0 Å². The highest BCUT2D eigenvalue weighted by molar-refractivity contribution is 5.95. The van der Waals surface area contributed by atoms with Crippen LogP contribution < -0.4 is 0 Å². The van der Waals surface area contributed by atoms with E-state index >= 15 is 0 Å². The summed E-state index contributed by atoms with van der Waals surface area (Å²) in [5.74, 6) is -3.01. The van der Waals surface area contributed by atoms with Gasteiger partial charge in [0.05, 0.1) is 20.6 Å². The number of esters is 4. The van der Waals surface area contributed by atoms with E-state index in [1.807, 2.05) is 13.8 Å². The Morgan fingerprint density at radius 2 is 1.26 bits per heavy atom. The van der Waals surface area contributed by atoms with Crippen molar-refractivity contribution in [1.29, 1.82) is 0 Å². The Morgan fingerprint density at radius 3 is 1.67 bits per heavy atom. The van der Waals surface area contributed by atoms with Crippen LogP contribution >= 0.6 is 0 Å². The second kappa shape index (κ2) is 13.8. The molecule has 0 aliphatic heterocycles. The molecule has 0 spiro atoms. The van der Waals surface area contributed by atoms with Crippen molar-refractivity contribution in [2.24, 2.45) is 0 Å². The Balaban J connectivity index is 4.73. The molecular formula is C19H30O8. The molecule has 8 nitrogen and oxygen atoms in total. The molecule has 0 N–H and O–H groups in total. The molecule has 0 amide bonds. The highest BCUT2D eigenvalue weighted by atomic mass is 16.6. The molecule has 0 rings (SSSR count). The number of methoxy groups -OCH3 is 2. The fourth-order valence-corrected chi connectivity index (χ4v) is 2.15. The lowest BCUT2D eigenvalue weighted by atomic mass is 10.1. The molecular weight excluding hydrogens is 356 g/mol. The maximum Gasteiger partial charge on any atom is 0.347 e. The van der Waals surface area contributed by atoms with Crippen LogP contribution in [-0.2, 0) is 38.1 Å². The van der Waals surface area contributed by atoms with E-state index in [9.17, 15) is 19.2 Å². The molecule has 0 heterocycles. The van der Waals surface area contributed by atoms with Gasteiger partial charge in [-0.05, 0) is 25.7 Å². The maximum atomic E-state index is 12.1. The Bertz CT molecular complexity index is 526. The van der Waals surface area contributed by atoms with Gasteiger partial charge in [0.25, 0.3) is 0 Å². The molecule has 0 aliphatic carbocycles. The molecule has 0 saturated heterocycles. The fraction of sp³-hybridized carbons (Fsp3) is 0.684. The second-order valence-electron chi connectivity index (χ2n) is 5.98. The van der Waals surface area contributed by atoms with Crippen molar-refractivity contribution >= 4 is 23.9 Å². The fourth-order valence-electron chi connectivity index (χ4n) is 2.15. The Labute approximate surface area is 160 Å². The van der Waals surface area contributed by atoms with Crippen LogP contribution in [0.1, 0.15) is 58.8 Å². The lowest BCUT2D eigenvalue weighted by Gasteiger charge is -2.17. The van der Waals surface area contributed by atoms with Gasteiger partial charge in [0, 0.05) is 5.57 Å². The molecule has 0 aromatic rings. The highest BCUT2D eigenvalue weighted by Gasteiger charge is 2.27. The minimum absolute atomic E-state index is 0.176. The molecule has 2 atom stereocenters. The normalized spacial score (nSPS) is 12.4. The summed E-state index contributed by atoms with van der Waals surface area (Å²) in [4.78, 5) is 47.4. The smallest absolute Gasteiger partial charge is 0.347 e. The minimum atomic E-state index is -1.05. The topological polar surface area (TPSA) is 105 Å². The average Bonchev–Trinajstić information content (AvgIpc) is 2.66. The van der Waals surface area contributed by atoms with Crippen LogP contribution in [-0.4, -0.2) is 50.3 Å². The highest BCUT2D eigenvalue weighted by Crippen LogP contribution is 2.13. The van der Waals surface area contributed by atoms with Gasteiger partial charge in [-0.2, -0.15) is 0 Å². The summed E-state index contributed by atoms with van der Waals surface area (Å²) in [5.41, 5.74) is -0.176. The first-order chi connectivity index (χ1) is 12.8. The number of hydrogen-bond donors (Lipinski definition) is 0. The molecule has 154 valence electrons. The van der Waals surface area contributed by atoms with E-state index in [1.165, 1.54) is 14.2 Å². The van der Waals surface area contributed by atoms with Crippen molar-refractivity contribution in [2.75, 3.05) is 14.2 Å². The quantitative estimate of drug-likeness (QED) is 0.270. The van der Waals surface area contributed by atoms with Crippen molar-refractivity contribution < 1.29 is 38.1 Å². The van der Waals surface area contributed by atoms with Gasteiger partial charge in [-0.1, -0.05) is 33.3 Å². The number of ether oxygens (including phenoxy) is 4. The largest absolute Gasteiger partial charge is 0.466 e. The molecule has 0 aromatic carbocycles. The molecule has 0 aromatic heterocycles. The van der Waals surface area contributed by atoms with Crippen LogP contribution in [0.3, 0.4) is 0 Å². The Hall–Kier alpha value is -2.38. The molecule has 0 saturated carbocycles. The molecule has 0 fully saturated rings. The summed E-state index contributed by atoms with van der Waals surface area (Å²) in [7, 11) is 2.40. The van der Waals surface area contributed by atoms with E-state index in [4.69, 9.17) is 9.47 Å². The standard InChI is InChI=1S/C19H30O8/c1-6-8-10-14(18(22)24-4)26-16(20)12-13(3)17(21)27-15(11-9-7-2)19(23)25-5/h14-15H,3,6-12H2,1-2,4-5H3.